The van der Waals surface area contributed by atoms with Gasteiger partial charge in [-0.3, -0.25) is 4.98 Å². The molecule has 19 heavy (non-hydrogen) atoms. The number of carbonyl (C=O) groups excluding carboxylic acids is 2. The maximum Gasteiger partial charge on any atom is 0.408 e. The van der Waals surface area contributed by atoms with Gasteiger partial charge in [0.15, 0.2) is 6.29 Å². The Labute approximate surface area is 111 Å². The summed E-state index contributed by atoms with van der Waals surface area (Å²) in [6.07, 6.45) is 0.763. The Morgan fingerprint density at radius 3 is 2.42 bits per heavy atom. The third-order valence-corrected chi connectivity index (χ3v) is 2.26. The van der Waals surface area contributed by atoms with Crippen LogP contribution in [-0.2, 0) is 15.1 Å². The van der Waals surface area contributed by atoms with E-state index < -0.39 is 23.1 Å². The van der Waals surface area contributed by atoms with Crippen LogP contribution < -0.4 is 5.32 Å². The normalized spacial score (nSPS) is 14.4. The van der Waals surface area contributed by atoms with E-state index in [2.05, 4.69) is 10.3 Å². The lowest BCUT2D eigenvalue weighted by Crippen LogP contribution is -2.47. The predicted molar refractivity (Wildman–Crippen MR) is 67.0 cm³/mol. The highest BCUT2D eigenvalue weighted by Gasteiger charge is 2.31. The first-order valence-electron chi connectivity index (χ1n) is 5.76. The van der Waals surface area contributed by atoms with E-state index in [0.717, 1.165) is 6.20 Å². The van der Waals surface area contributed by atoms with Crippen molar-refractivity contribution < 1.29 is 18.7 Å². The molecule has 6 heteroatoms. The number of halogens is 1. The van der Waals surface area contributed by atoms with Gasteiger partial charge in [0.05, 0.1) is 11.9 Å². The molecule has 1 heterocycles. The number of rotatable bonds is 3. The molecule has 5 nitrogen and oxygen atoms in total. The van der Waals surface area contributed by atoms with Crippen molar-refractivity contribution in [1.29, 1.82) is 0 Å². The zero-order valence-electron chi connectivity index (χ0n) is 11.4. The third-order valence-electron chi connectivity index (χ3n) is 2.26. The lowest BCUT2D eigenvalue weighted by molar-refractivity contribution is -0.113. The SMILES string of the molecule is CC(C)(C)OC(=O)NC(C)(C=O)c1ccc(F)cn1. The van der Waals surface area contributed by atoms with E-state index in [9.17, 15) is 14.0 Å². The molecule has 0 aliphatic rings. The topological polar surface area (TPSA) is 68.3 Å². The van der Waals surface area contributed by atoms with Crippen molar-refractivity contribution in [2.45, 2.75) is 38.8 Å². The van der Waals surface area contributed by atoms with E-state index >= 15 is 0 Å². The summed E-state index contributed by atoms with van der Waals surface area (Å²) in [5.74, 6) is -0.519. The summed E-state index contributed by atoms with van der Waals surface area (Å²) < 4.78 is 17.9. The van der Waals surface area contributed by atoms with Gasteiger partial charge in [-0.1, -0.05) is 0 Å². The second-order valence-corrected chi connectivity index (χ2v) is 5.31. The molecule has 0 saturated heterocycles. The van der Waals surface area contributed by atoms with Crippen LogP contribution in [0, 0.1) is 5.82 Å². The third kappa shape index (κ3) is 4.31. The minimum atomic E-state index is -1.37. The van der Waals surface area contributed by atoms with Crippen molar-refractivity contribution in [3.8, 4) is 0 Å². The molecule has 0 aliphatic heterocycles. The van der Waals surface area contributed by atoms with E-state index in [0.29, 0.717) is 6.29 Å². The van der Waals surface area contributed by atoms with E-state index in [1.54, 1.807) is 20.8 Å². The summed E-state index contributed by atoms with van der Waals surface area (Å²) in [7, 11) is 0. The number of nitrogens with one attached hydrogen (secondary N) is 1. The number of pyridine rings is 1. The van der Waals surface area contributed by atoms with Gasteiger partial charge in [0.1, 0.15) is 17.0 Å². The van der Waals surface area contributed by atoms with Crippen molar-refractivity contribution in [3.05, 3.63) is 29.8 Å². The summed E-state index contributed by atoms with van der Waals surface area (Å²) in [6.45, 7) is 6.59. The molecule has 1 amide bonds. The Hall–Kier alpha value is -1.98. The highest BCUT2D eigenvalue weighted by atomic mass is 19.1. The van der Waals surface area contributed by atoms with E-state index in [1.807, 2.05) is 0 Å². The first kappa shape index (κ1) is 15.1. The number of aromatic nitrogens is 1. The second kappa shape index (κ2) is 5.34. The molecule has 0 bridgehead atoms. The number of hydrogen-bond acceptors (Lipinski definition) is 4. The van der Waals surface area contributed by atoms with Gasteiger partial charge in [0.25, 0.3) is 0 Å². The summed E-state index contributed by atoms with van der Waals surface area (Å²) in [5.41, 5.74) is -1.81. The van der Waals surface area contributed by atoms with Crippen LogP contribution in [0.15, 0.2) is 18.3 Å². The van der Waals surface area contributed by atoms with Crippen LogP contribution in [-0.4, -0.2) is 23.0 Å². The molecule has 0 aromatic carbocycles. The number of aldehydes is 1. The predicted octanol–water partition coefficient (Wildman–Crippen LogP) is 2.16. The fourth-order valence-corrected chi connectivity index (χ4v) is 1.35. The standard InChI is InChI=1S/C13H17FN2O3/c1-12(2,3)19-11(18)16-13(4,8-17)10-6-5-9(14)7-15-10/h5-8H,1-4H3,(H,16,18). The Balaban J connectivity index is 2.89. The number of ether oxygens (including phenoxy) is 1. The molecule has 0 aliphatic carbocycles. The molecule has 1 aromatic rings. The van der Waals surface area contributed by atoms with Crippen LogP contribution in [0.3, 0.4) is 0 Å². The molecule has 0 saturated carbocycles. The van der Waals surface area contributed by atoms with Crippen LogP contribution in [0.2, 0.25) is 0 Å². The molecular weight excluding hydrogens is 251 g/mol. The average molecular weight is 268 g/mol. The van der Waals surface area contributed by atoms with Crippen LogP contribution >= 0.6 is 0 Å². The van der Waals surface area contributed by atoms with E-state index in [-0.39, 0.29) is 5.69 Å². The van der Waals surface area contributed by atoms with Crippen molar-refractivity contribution in [2.75, 3.05) is 0 Å². The summed E-state index contributed by atoms with van der Waals surface area (Å²) in [4.78, 5) is 26.7. The van der Waals surface area contributed by atoms with Gasteiger partial charge < -0.3 is 14.8 Å². The van der Waals surface area contributed by atoms with Gasteiger partial charge in [0.2, 0.25) is 0 Å². The van der Waals surface area contributed by atoms with Crippen LogP contribution in [0.1, 0.15) is 33.4 Å². The van der Waals surface area contributed by atoms with Crippen LogP contribution in [0.4, 0.5) is 9.18 Å². The Kier molecular flexibility index (Phi) is 4.24. The molecule has 0 fully saturated rings. The fourth-order valence-electron chi connectivity index (χ4n) is 1.35. The smallest absolute Gasteiger partial charge is 0.408 e. The molecular formula is C13H17FN2O3. The minimum Gasteiger partial charge on any atom is -0.444 e. The largest absolute Gasteiger partial charge is 0.444 e. The number of alkyl carbamates (subject to hydrolysis) is 1. The molecule has 0 spiro atoms. The second-order valence-electron chi connectivity index (χ2n) is 5.31. The molecule has 1 N–H and O–H groups in total. The molecule has 0 radical (unpaired) electrons. The van der Waals surface area contributed by atoms with Crippen LogP contribution in [0.5, 0.6) is 0 Å². The first-order valence-corrected chi connectivity index (χ1v) is 5.76. The van der Waals surface area contributed by atoms with Gasteiger partial charge in [-0.05, 0) is 39.8 Å². The Bertz CT molecular complexity index is 468. The highest BCUT2D eigenvalue weighted by Crippen LogP contribution is 2.17. The lowest BCUT2D eigenvalue weighted by Gasteiger charge is -2.27. The van der Waals surface area contributed by atoms with Gasteiger partial charge >= 0.3 is 6.09 Å². The van der Waals surface area contributed by atoms with Gasteiger partial charge in [-0.15, -0.1) is 0 Å². The summed E-state index contributed by atoms with van der Waals surface area (Å²) in [5, 5.41) is 2.42. The molecule has 104 valence electrons. The van der Waals surface area contributed by atoms with Crippen molar-refractivity contribution in [1.82, 2.24) is 10.3 Å². The van der Waals surface area contributed by atoms with Gasteiger partial charge in [0, 0.05) is 0 Å². The van der Waals surface area contributed by atoms with Gasteiger partial charge in [-0.2, -0.15) is 0 Å². The monoisotopic (exact) mass is 268 g/mol. The summed E-state index contributed by atoms with van der Waals surface area (Å²) >= 11 is 0. The number of amides is 1. The zero-order valence-corrected chi connectivity index (χ0v) is 11.4. The van der Waals surface area contributed by atoms with E-state index in [1.165, 1.54) is 19.1 Å². The minimum absolute atomic E-state index is 0.231. The maximum atomic E-state index is 12.8. The number of hydrogen-bond donors (Lipinski definition) is 1. The first-order chi connectivity index (χ1) is 8.66. The van der Waals surface area contributed by atoms with Crippen molar-refractivity contribution in [3.63, 3.8) is 0 Å². The van der Waals surface area contributed by atoms with E-state index in [4.69, 9.17) is 4.74 Å². The summed E-state index contributed by atoms with van der Waals surface area (Å²) in [6, 6.07) is 2.50. The maximum absolute atomic E-state index is 12.8. The molecule has 1 aromatic heterocycles. The lowest BCUT2D eigenvalue weighted by atomic mass is 9.99. The molecule has 1 atom stereocenters. The quantitative estimate of drug-likeness (QED) is 0.853. The molecule has 1 unspecified atom stereocenters. The zero-order chi connectivity index (χ0) is 14.7. The highest BCUT2D eigenvalue weighted by molar-refractivity contribution is 5.77. The number of nitrogens with zero attached hydrogens (tertiary/aromatic N) is 1. The van der Waals surface area contributed by atoms with Crippen molar-refractivity contribution in [2.24, 2.45) is 0 Å². The fraction of sp³-hybridized carbons (Fsp3) is 0.462. The molecule has 1 rings (SSSR count). The number of carbonyl (C=O) groups is 2. The Morgan fingerprint density at radius 2 is 2.00 bits per heavy atom. The average Bonchev–Trinajstić information content (AvgIpc) is 2.26. The van der Waals surface area contributed by atoms with Crippen LogP contribution in [0.25, 0.3) is 0 Å². The Morgan fingerprint density at radius 1 is 1.37 bits per heavy atom. The van der Waals surface area contributed by atoms with Crippen molar-refractivity contribution >= 4 is 12.4 Å². The van der Waals surface area contributed by atoms with Gasteiger partial charge in [-0.25, -0.2) is 9.18 Å².